The smallest absolute Gasteiger partial charge is 0.309 e. The highest BCUT2D eigenvalue weighted by molar-refractivity contribution is 5.75. The summed E-state index contributed by atoms with van der Waals surface area (Å²) in [6.45, 7) is 0. The SMILES string of the molecule is COc1ccc(-c2ccc(C3CCC(C4CC(=O)O4)CC3)cc2)c(F)c1. The molecule has 1 aliphatic carbocycles. The van der Waals surface area contributed by atoms with Gasteiger partial charge in [-0.15, -0.1) is 0 Å². The fourth-order valence-electron chi connectivity index (χ4n) is 4.20. The third kappa shape index (κ3) is 3.33. The van der Waals surface area contributed by atoms with Crippen molar-refractivity contribution in [1.29, 1.82) is 0 Å². The molecule has 1 aliphatic heterocycles. The second kappa shape index (κ2) is 7.10. The van der Waals surface area contributed by atoms with Crippen LogP contribution in [0, 0.1) is 11.7 Å². The van der Waals surface area contributed by atoms with Crippen molar-refractivity contribution in [2.45, 2.75) is 44.1 Å². The molecule has 1 heterocycles. The van der Waals surface area contributed by atoms with E-state index in [4.69, 9.17) is 9.47 Å². The normalized spacial score (nSPS) is 25.3. The maximum absolute atomic E-state index is 14.2. The summed E-state index contributed by atoms with van der Waals surface area (Å²) in [5, 5.41) is 0. The van der Waals surface area contributed by atoms with Gasteiger partial charge in [0.1, 0.15) is 17.7 Å². The molecule has 1 saturated heterocycles. The van der Waals surface area contributed by atoms with Gasteiger partial charge in [0.2, 0.25) is 0 Å². The van der Waals surface area contributed by atoms with Crippen molar-refractivity contribution in [3.05, 3.63) is 53.8 Å². The number of hydrogen-bond acceptors (Lipinski definition) is 3. The van der Waals surface area contributed by atoms with E-state index in [-0.39, 0.29) is 17.9 Å². The molecular weight excluding hydrogens is 331 g/mol. The molecule has 2 aliphatic rings. The molecule has 2 aromatic rings. The van der Waals surface area contributed by atoms with E-state index in [1.165, 1.54) is 18.7 Å². The lowest BCUT2D eigenvalue weighted by molar-refractivity contribution is -0.176. The largest absolute Gasteiger partial charge is 0.497 e. The molecule has 3 nitrogen and oxygen atoms in total. The number of halogens is 1. The van der Waals surface area contributed by atoms with Crippen LogP contribution in [0.15, 0.2) is 42.5 Å². The molecule has 2 aromatic carbocycles. The summed E-state index contributed by atoms with van der Waals surface area (Å²) in [5.41, 5.74) is 2.78. The van der Waals surface area contributed by atoms with Crippen molar-refractivity contribution >= 4 is 5.97 Å². The second-order valence-corrected chi connectivity index (χ2v) is 7.31. The number of carbonyl (C=O) groups excluding carboxylic acids is 1. The number of rotatable bonds is 4. The van der Waals surface area contributed by atoms with Gasteiger partial charge in [-0.05, 0) is 60.8 Å². The summed E-state index contributed by atoms with van der Waals surface area (Å²) in [7, 11) is 1.53. The van der Waals surface area contributed by atoms with Crippen LogP contribution in [0.25, 0.3) is 11.1 Å². The van der Waals surface area contributed by atoms with Gasteiger partial charge in [-0.2, -0.15) is 0 Å². The van der Waals surface area contributed by atoms with Crippen LogP contribution in [0.5, 0.6) is 5.75 Å². The number of methoxy groups -OCH3 is 1. The van der Waals surface area contributed by atoms with E-state index in [2.05, 4.69) is 12.1 Å². The molecule has 2 fully saturated rings. The molecule has 0 N–H and O–H groups in total. The molecule has 1 saturated carbocycles. The third-order valence-electron chi connectivity index (χ3n) is 5.82. The number of cyclic esters (lactones) is 1. The van der Waals surface area contributed by atoms with Gasteiger partial charge < -0.3 is 9.47 Å². The lowest BCUT2D eigenvalue weighted by atomic mass is 9.75. The molecular formula is C22H23FO3. The van der Waals surface area contributed by atoms with Gasteiger partial charge in [0.05, 0.1) is 13.5 Å². The summed E-state index contributed by atoms with van der Waals surface area (Å²) >= 11 is 0. The average Bonchev–Trinajstić information content (AvgIpc) is 2.66. The number of esters is 1. The first-order valence-electron chi connectivity index (χ1n) is 9.27. The van der Waals surface area contributed by atoms with Crippen LogP contribution in [0.1, 0.15) is 43.6 Å². The minimum atomic E-state index is -0.271. The number of carbonyl (C=O) groups is 1. The number of ether oxygens (including phenoxy) is 2. The molecule has 0 aromatic heterocycles. The highest BCUT2D eigenvalue weighted by Gasteiger charge is 2.37. The van der Waals surface area contributed by atoms with Crippen molar-refractivity contribution in [3.63, 3.8) is 0 Å². The van der Waals surface area contributed by atoms with Gasteiger partial charge in [-0.1, -0.05) is 24.3 Å². The zero-order valence-corrected chi connectivity index (χ0v) is 14.9. The third-order valence-corrected chi connectivity index (χ3v) is 5.82. The summed E-state index contributed by atoms with van der Waals surface area (Å²) in [5.74, 6) is 1.26. The highest BCUT2D eigenvalue weighted by atomic mass is 19.1. The predicted octanol–water partition coefficient (Wildman–Crippen LogP) is 5.09. The first-order chi connectivity index (χ1) is 12.6. The Morgan fingerprint density at radius 3 is 2.31 bits per heavy atom. The Labute approximate surface area is 153 Å². The zero-order valence-electron chi connectivity index (χ0n) is 14.9. The molecule has 4 rings (SSSR count). The Kier molecular flexibility index (Phi) is 4.66. The number of hydrogen-bond donors (Lipinski definition) is 0. The maximum Gasteiger partial charge on any atom is 0.309 e. The molecule has 0 spiro atoms. The fourth-order valence-corrected chi connectivity index (χ4v) is 4.20. The van der Waals surface area contributed by atoms with Crippen LogP contribution in [0.2, 0.25) is 0 Å². The monoisotopic (exact) mass is 354 g/mol. The Morgan fingerprint density at radius 2 is 1.73 bits per heavy atom. The van der Waals surface area contributed by atoms with E-state index in [0.717, 1.165) is 31.2 Å². The van der Waals surface area contributed by atoms with Crippen LogP contribution in [-0.2, 0) is 9.53 Å². The van der Waals surface area contributed by atoms with Crippen LogP contribution < -0.4 is 4.74 Å². The Hall–Kier alpha value is -2.36. The summed E-state index contributed by atoms with van der Waals surface area (Å²) in [6.07, 6.45) is 5.21. The summed E-state index contributed by atoms with van der Waals surface area (Å²) in [6, 6.07) is 13.2. The molecule has 0 bridgehead atoms. The van der Waals surface area contributed by atoms with E-state index in [0.29, 0.717) is 29.6 Å². The van der Waals surface area contributed by atoms with Crippen molar-refractivity contribution in [2.75, 3.05) is 7.11 Å². The lowest BCUT2D eigenvalue weighted by Crippen LogP contribution is -2.40. The van der Waals surface area contributed by atoms with E-state index in [1.807, 2.05) is 12.1 Å². The minimum Gasteiger partial charge on any atom is -0.497 e. The van der Waals surface area contributed by atoms with Crippen LogP contribution in [-0.4, -0.2) is 19.2 Å². The van der Waals surface area contributed by atoms with Crippen LogP contribution in [0.4, 0.5) is 4.39 Å². The van der Waals surface area contributed by atoms with Crippen LogP contribution >= 0.6 is 0 Å². The Balaban J connectivity index is 1.41. The number of benzene rings is 2. The van der Waals surface area contributed by atoms with E-state index in [9.17, 15) is 9.18 Å². The van der Waals surface area contributed by atoms with Crippen molar-refractivity contribution in [3.8, 4) is 16.9 Å². The molecule has 1 atom stereocenters. The van der Waals surface area contributed by atoms with E-state index >= 15 is 0 Å². The molecule has 1 unspecified atom stereocenters. The molecule has 136 valence electrons. The first-order valence-corrected chi connectivity index (χ1v) is 9.27. The highest BCUT2D eigenvalue weighted by Crippen LogP contribution is 2.40. The second-order valence-electron chi connectivity index (χ2n) is 7.31. The van der Waals surface area contributed by atoms with Gasteiger partial charge in [0, 0.05) is 11.6 Å². The molecule has 0 amide bonds. The van der Waals surface area contributed by atoms with Crippen molar-refractivity contribution in [1.82, 2.24) is 0 Å². The first kappa shape index (κ1) is 17.1. The standard InChI is InChI=1S/C22H23FO3/c1-25-18-10-11-19(20(23)12-18)16-6-2-14(3-7-16)15-4-8-17(9-5-15)21-13-22(24)26-21/h2-3,6-7,10-12,15,17,21H,4-5,8-9,13H2,1H3. The maximum atomic E-state index is 14.2. The fraction of sp³-hybridized carbons (Fsp3) is 0.409. The molecule has 26 heavy (non-hydrogen) atoms. The zero-order chi connectivity index (χ0) is 18.1. The van der Waals surface area contributed by atoms with Gasteiger partial charge in [-0.25, -0.2) is 4.39 Å². The molecule has 4 heteroatoms. The topological polar surface area (TPSA) is 35.5 Å². The van der Waals surface area contributed by atoms with Crippen molar-refractivity contribution in [2.24, 2.45) is 5.92 Å². The van der Waals surface area contributed by atoms with Gasteiger partial charge in [0.15, 0.2) is 0 Å². The lowest BCUT2D eigenvalue weighted by Gasteiger charge is -2.37. The predicted molar refractivity (Wildman–Crippen MR) is 97.6 cm³/mol. The van der Waals surface area contributed by atoms with E-state index < -0.39 is 0 Å². The van der Waals surface area contributed by atoms with Crippen molar-refractivity contribution < 1.29 is 18.7 Å². The Bertz CT molecular complexity index is 784. The van der Waals surface area contributed by atoms with E-state index in [1.54, 1.807) is 12.1 Å². The molecule has 0 radical (unpaired) electrons. The van der Waals surface area contributed by atoms with Gasteiger partial charge >= 0.3 is 5.97 Å². The summed E-state index contributed by atoms with van der Waals surface area (Å²) in [4.78, 5) is 11.0. The average molecular weight is 354 g/mol. The van der Waals surface area contributed by atoms with Gasteiger partial charge in [-0.3, -0.25) is 4.79 Å². The Morgan fingerprint density at radius 1 is 1.04 bits per heavy atom. The summed E-state index contributed by atoms with van der Waals surface area (Å²) < 4.78 is 24.5. The van der Waals surface area contributed by atoms with Crippen LogP contribution in [0.3, 0.4) is 0 Å². The van der Waals surface area contributed by atoms with Gasteiger partial charge in [0.25, 0.3) is 0 Å². The quantitative estimate of drug-likeness (QED) is 0.718. The minimum absolute atomic E-state index is 0.0570.